The maximum absolute atomic E-state index is 2.64. The van der Waals surface area contributed by atoms with Crippen LogP contribution >= 0.6 is 0 Å². The summed E-state index contributed by atoms with van der Waals surface area (Å²) in [6.07, 6.45) is 53.4. The smallest absolute Gasteiger partial charge is 0.234 e. The van der Waals surface area contributed by atoms with E-state index in [1.165, 1.54) is 231 Å². The van der Waals surface area contributed by atoms with Gasteiger partial charge in [0.05, 0.1) is 13.1 Å². The SMILES string of the molecule is CCCCCCCCCCCCCCCCCn1cc[n+](CCCCCCCCC)c1CCCCCCCCCCCCC. The van der Waals surface area contributed by atoms with Gasteiger partial charge in [0.15, 0.2) is 0 Å². The highest BCUT2D eigenvalue weighted by Crippen LogP contribution is 2.16. The van der Waals surface area contributed by atoms with Crippen molar-refractivity contribution in [2.24, 2.45) is 0 Å². The third-order valence-corrected chi connectivity index (χ3v) is 10.1. The Balaban J connectivity index is 2.24. The molecule has 44 heavy (non-hydrogen) atoms. The van der Waals surface area contributed by atoms with Gasteiger partial charge < -0.3 is 0 Å². The molecule has 1 heterocycles. The van der Waals surface area contributed by atoms with Crippen LogP contribution in [-0.4, -0.2) is 4.57 Å². The fraction of sp³-hybridized carbons (Fsp3) is 0.929. The molecule has 0 aliphatic rings. The first-order valence-corrected chi connectivity index (χ1v) is 20.9. The Morgan fingerprint density at radius 1 is 0.386 bits per heavy atom. The van der Waals surface area contributed by atoms with Crippen LogP contribution in [0.4, 0.5) is 0 Å². The maximum Gasteiger partial charge on any atom is 0.256 e. The molecule has 0 aromatic carbocycles. The molecular formula is C42H83N2+. The van der Waals surface area contributed by atoms with Crippen molar-refractivity contribution in [2.45, 2.75) is 252 Å². The number of aromatic nitrogens is 2. The van der Waals surface area contributed by atoms with E-state index in [0.717, 1.165) is 0 Å². The monoisotopic (exact) mass is 616 g/mol. The van der Waals surface area contributed by atoms with Gasteiger partial charge in [0.2, 0.25) is 0 Å². The molecule has 1 aromatic rings. The summed E-state index contributed by atoms with van der Waals surface area (Å²) in [5.41, 5.74) is 0. The Morgan fingerprint density at radius 3 is 1.09 bits per heavy atom. The largest absolute Gasteiger partial charge is 0.256 e. The zero-order valence-electron chi connectivity index (χ0n) is 31.0. The second-order valence-corrected chi connectivity index (χ2v) is 14.5. The van der Waals surface area contributed by atoms with Crippen LogP contribution in [0.1, 0.15) is 238 Å². The normalized spacial score (nSPS) is 11.6. The molecule has 1 aromatic heterocycles. The van der Waals surface area contributed by atoms with Crippen LogP contribution in [0.2, 0.25) is 0 Å². The van der Waals surface area contributed by atoms with Gasteiger partial charge in [-0.25, -0.2) is 9.13 Å². The zero-order chi connectivity index (χ0) is 31.6. The van der Waals surface area contributed by atoms with E-state index >= 15 is 0 Å². The number of rotatable bonds is 36. The standard InChI is InChI=1S/C42H83N2/c1-4-7-10-13-16-18-20-21-22-23-25-27-30-33-36-39-44-41-40-43(38-35-32-29-15-12-9-6-3)42(44)37-34-31-28-26-24-19-17-14-11-8-5-2/h40-41H,4-39H2,1-3H3/q+1. The van der Waals surface area contributed by atoms with E-state index in [9.17, 15) is 0 Å². The molecule has 0 amide bonds. The second kappa shape index (κ2) is 33.6. The lowest BCUT2D eigenvalue weighted by atomic mass is 10.0. The lowest BCUT2D eigenvalue weighted by molar-refractivity contribution is -0.704. The van der Waals surface area contributed by atoms with Crippen LogP contribution in [0, 0.1) is 0 Å². The van der Waals surface area contributed by atoms with E-state index < -0.39 is 0 Å². The van der Waals surface area contributed by atoms with Gasteiger partial charge in [0.1, 0.15) is 12.4 Å². The van der Waals surface area contributed by atoms with Crippen molar-refractivity contribution in [3.8, 4) is 0 Å². The molecular weight excluding hydrogens is 532 g/mol. The Labute approximate surface area is 279 Å². The average Bonchev–Trinajstić information content (AvgIpc) is 3.42. The lowest BCUT2D eigenvalue weighted by Crippen LogP contribution is -2.37. The van der Waals surface area contributed by atoms with Gasteiger partial charge in [-0.2, -0.15) is 0 Å². The quantitative estimate of drug-likeness (QED) is 0.0524. The van der Waals surface area contributed by atoms with Gasteiger partial charge in [0, 0.05) is 6.42 Å². The fourth-order valence-electron chi connectivity index (χ4n) is 7.03. The Kier molecular flexibility index (Phi) is 31.5. The molecule has 0 bridgehead atoms. The molecule has 0 aliphatic heterocycles. The minimum absolute atomic E-state index is 1.23. The molecule has 1 rings (SSSR count). The molecule has 0 N–H and O–H groups in total. The molecule has 0 unspecified atom stereocenters. The Morgan fingerprint density at radius 2 is 0.705 bits per heavy atom. The molecule has 2 heteroatoms. The molecule has 0 fully saturated rings. The van der Waals surface area contributed by atoms with Crippen molar-refractivity contribution < 1.29 is 4.57 Å². The summed E-state index contributed by atoms with van der Waals surface area (Å²) in [5.74, 6) is 1.62. The topological polar surface area (TPSA) is 8.81 Å². The summed E-state index contributed by atoms with van der Waals surface area (Å²) in [6, 6.07) is 0. The first-order chi connectivity index (χ1) is 21.8. The predicted molar refractivity (Wildman–Crippen MR) is 198 cm³/mol. The van der Waals surface area contributed by atoms with Crippen molar-refractivity contribution in [3.05, 3.63) is 18.2 Å². The number of hydrogen-bond donors (Lipinski definition) is 0. The van der Waals surface area contributed by atoms with Crippen LogP contribution in [-0.2, 0) is 19.5 Å². The zero-order valence-corrected chi connectivity index (χ0v) is 31.0. The molecule has 0 aliphatic carbocycles. The van der Waals surface area contributed by atoms with Crippen LogP contribution in [0.15, 0.2) is 12.4 Å². The number of hydrogen-bond acceptors (Lipinski definition) is 0. The molecule has 0 saturated carbocycles. The molecule has 0 saturated heterocycles. The molecule has 0 radical (unpaired) electrons. The minimum atomic E-state index is 1.23. The lowest BCUT2D eigenvalue weighted by Gasteiger charge is -2.07. The first-order valence-electron chi connectivity index (χ1n) is 20.9. The number of unbranched alkanes of at least 4 members (excludes halogenated alkanes) is 30. The van der Waals surface area contributed by atoms with E-state index in [0.29, 0.717) is 0 Å². The van der Waals surface area contributed by atoms with Crippen molar-refractivity contribution in [3.63, 3.8) is 0 Å². The maximum atomic E-state index is 2.64. The summed E-state index contributed by atoms with van der Waals surface area (Å²) in [4.78, 5) is 0. The fourth-order valence-corrected chi connectivity index (χ4v) is 7.03. The highest BCUT2D eigenvalue weighted by atomic mass is 15.1. The molecule has 260 valence electrons. The van der Waals surface area contributed by atoms with Crippen molar-refractivity contribution in [2.75, 3.05) is 0 Å². The van der Waals surface area contributed by atoms with Crippen LogP contribution in [0.3, 0.4) is 0 Å². The summed E-state index contributed by atoms with van der Waals surface area (Å²) < 4.78 is 5.27. The summed E-state index contributed by atoms with van der Waals surface area (Å²) in [6.45, 7) is 9.40. The molecule has 0 spiro atoms. The predicted octanol–water partition coefficient (Wildman–Crippen LogP) is 14.3. The van der Waals surface area contributed by atoms with Gasteiger partial charge in [-0.15, -0.1) is 0 Å². The van der Waals surface area contributed by atoms with E-state index in [4.69, 9.17) is 0 Å². The van der Waals surface area contributed by atoms with Gasteiger partial charge >= 0.3 is 0 Å². The van der Waals surface area contributed by atoms with E-state index in [1.54, 1.807) is 5.82 Å². The van der Waals surface area contributed by atoms with Gasteiger partial charge in [0.25, 0.3) is 5.82 Å². The Bertz CT molecular complexity index is 677. The molecule has 2 nitrogen and oxygen atoms in total. The van der Waals surface area contributed by atoms with Gasteiger partial charge in [-0.3, -0.25) is 0 Å². The van der Waals surface area contributed by atoms with Crippen molar-refractivity contribution >= 4 is 0 Å². The third kappa shape index (κ3) is 25.4. The third-order valence-electron chi connectivity index (χ3n) is 10.1. The Hall–Kier alpha value is -0.790. The van der Waals surface area contributed by atoms with Crippen molar-refractivity contribution in [1.82, 2.24) is 4.57 Å². The average molecular weight is 616 g/mol. The summed E-state index contributed by atoms with van der Waals surface area (Å²) in [5, 5.41) is 0. The number of imidazole rings is 1. The van der Waals surface area contributed by atoms with E-state index in [2.05, 4.69) is 42.3 Å². The van der Waals surface area contributed by atoms with E-state index in [1.807, 2.05) is 0 Å². The number of nitrogens with zero attached hydrogens (tertiary/aromatic N) is 2. The second-order valence-electron chi connectivity index (χ2n) is 14.5. The van der Waals surface area contributed by atoms with E-state index in [-0.39, 0.29) is 0 Å². The summed E-state index contributed by atoms with van der Waals surface area (Å²) in [7, 11) is 0. The minimum Gasteiger partial charge on any atom is -0.234 e. The first kappa shape index (κ1) is 41.2. The van der Waals surface area contributed by atoms with Gasteiger partial charge in [-0.05, 0) is 32.1 Å². The summed E-state index contributed by atoms with van der Waals surface area (Å²) >= 11 is 0. The molecule has 0 atom stereocenters. The highest BCUT2D eigenvalue weighted by molar-refractivity contribution is 4.84. The van der Waals surface area contributed by atoms with Crippen molar-refractivity contribution in [1.29, 1.82) is 0 Å². The highest BCUT2D eigenvalue weighted by Gasteiger charge is 2.16. The van der Waals surface area contributed by atoms with Crippen LogP contribution in [0.5, 0.6) is 0 Å². The number of aryl methyl sites for hydroxylation is 2. The van der Waals surface area contributed by atoms with Crippen LogP contribution < -0.4 is 4.57 Å². The van der Waals surface area contributed by atoms with Gasteiger partial charge in [-0.1, -0.05) is 201 Å². The van der Waals surface area contributed by atoms with Crippen LogP contribution in [0.25, 0.3) is 0 Å².